The summed E-state index contributed by atoms with van der Waals surface area (Å²) in [6.07, 6.45) is 0. The first kappa shape index (κ1) is 17.4. The van der Waals surface area contributed by atoms with Crippen molar-refractivity contribution in [3.8, 4) is 34.3 Å². The molecule has 0 fully saturated rings. The molecule has 1 aromatic heterocycles. The van der Waals surface area contributed by atoms with Gasteiger partial charge >= 0.3 is 0 Å². The number of ketones is 1. The number of carbonyl (C=O) groups excluding carboxylic acids is 1. The average Bonchev–Trinajstić information content (AvgIpc) is 3.16. The number of rotatable bonds is 6. The number of nitrogens with zero attached hydrogens (tertiary/aromatic N) is 4. The van der Waals surface area contributed by atoms with Gasteiger partial charge in [0.15, 0.2) is 23.1 Å². The number of carbonyl (C=O) groups is 1. The molecule has 3 rings (SSSR count). The highest BCUT2D eigenvalue weighted by molar-refractivity contribution is 5.94. The first-order chi connectivity index (χ1) is 12.6. The maximum atomic E-state index is 11.4. The average molecular weight is 354 g/mol. The van der Waals surface area contributed by atoms with Crippen LogP contribution in [-0.2, 0) is 0 Å². The Labute approximate surface area is 150 Å². The maximum absolute atomic E-state index is 11.4. The van der Waals surface area contributed by atoms with E-state index in [9.17, 15) is 4.79 Å². The van der Waals surface area contributed by atoms with Crippen molar-refractivity contribution in [3.63, 3.8) is 0 Å². The van der Waals surface area contributed by atoms with Crippen LogP contribution in [0.25, 0.3) is 17.1 Å². The summed E-state index contributed by atoms with van der Waals surface area (Å²) in [5.41, 5.74) is 2.05. The van der Waals surface area contributed by atoms with Gasteiger partial charge in [-0.3, -0.25) is 4.79 Å². The number of hydrogen-bond acceptors (Lipinski definition) is 7. The smallest absolute Gasteiger partial charge is 0.203 e. The Balaban J connectivity index is 2.09. The summed E-state index contributed by atoms with van der Waals surface area (Å²) in [4.78, 5) is 11.4. The molecule has 0 atom stereocenters. The van der Waals surface area contributed by atoms with Crippen LogP contribution in [0, 0.1) is 0 Å². The Morgan fingerprint density at radius 2 is 1.58 bits per heavy atom. The van der Waals surface area contributed by atoms with Gasteiger partial charge in [-0.1, -0.05) is 24.3 Å². The molecule has 0 amide bonds. The SMILES string of the molecule is COc1cc(-n2nnnc2-c2ccc(C(C)=O)cc2)cc(OC)c1OC. The second kappa shape index (κ2) is 7.22. The van der Waals surface area contributed by atoms with E-state index >= 15 is 0 Å². The van der Waals surface area contributed by atoms with E-state index in [4.69, 9.17) is 14.2 Å². The fourth-order valence-electron chi connectivity index (χ4n) is 2.58. The van der Waals surface area contributed by atoms with Crippen molar-refractivity contribution < 1.29 is 19.0 Å². The summed E-state index contributed by atoms with van der Waals surface area (Å²) in [6, 6.07) is 10.6. The van der Waals surface area contributed by atoms with Gasteiger partial charge in [-0.05, 0) is 17.4 Å². The van der Waals surface area contributed by atoms with Crippen LogP contribution in [0.4, 0.5) is 0 Å². The van der Waals surface area contributed by atoms with Gasteiger partial charge < -0.3 is 14.2 Å². The number of aromatic nitrogens is 4. The van der Waals surface area contributed by atoms with E-state index in [0.717, 1.165) is 5.56 Å². The lowest BCUT2D eigenvalue weighted by molar-refractivity contribution is 0.101. The first-order valence-electron chi connectivity index (χ1n) is 7.79. The largest absolute Gasteiger partial charge is 0.493 e. The summed E-state index contributed by atoms with van der Waals surface area (Å²) in [5, 5.41) is 11.9. The molecule has 134 valence electrons. The molecule has 1 heterocycles. The van der Waals surface area contributed by atoms with Gasteiger partial charge in [0.1, 0.15) is 0 Å². The molecular formula is C18H18N4O4. The van der Waals surface area contributed by atoms with Crippen molar-refractivity contribution in [2.75, 3.05) is 21.3 Å². The molecule has 0 aliphatic carbocycles. The molecule has 2 aromatic carbocycles. The van der Waals surface area contributed by atoms with Gasteiger partial charge in [-0.2, -0.15) is 4.68 Å². The van der Waals surface area contributed by atoms with Gasteiger partial charge in [0.05, 0.1) is 27.0 Å². The molecule has 0 aliphatic heterocycles. The number of tetrazole rings is 1. The zero-order valence-electron chi connectivity index (χ0n) is 14.9. The number of methoxy groups -OCH3 is 3. The fourth-order valence-corrected chi connectivity index (χ4v) is 2.58. The first-order valence-corrected chi connectivity index (χ1v) is 7.79. The predicted molar refractivity (Wildman–Crippen MR) is 94.3 cm³/mol. The topological polar surface area (TPSA) is 88.4 Å². The lowest BCUT2D eigenvalue weighted by Gasteiger charge is -2.14. The van der Waals surface area contributed by atoms with Crippen molar-refractivity contribution in [2.45, 2.75) is 6.92 Å². The molecule has 0 unspecified atom stereocenters. The molecule has 0 saturated heterocycles. The molecule has 3 aromatic rings. The van der Waals surface area contributed by atoms with Crippen LogP contribution in [0.3, 0.4) is 0 Å². The van der Waals surface area contributed by atoms with E-state index in [1.54, 1.807) is 62.4 Å². The van der Waals surface area contributed by atoms with Crippen LogP contribution in [0.1, 0.15) is 17.3 Å². The molecular weight excluding hydrogens is 336 g/mol. The molecule has 26 heavy (non-hydrogen) atoms. The van der Waals surface area contributed by atoms with E-state index in [1.165, 1.54) is 6.92 Å². The van der Waals surface area contributed by atoms with Gasteiger partial charge in [0, 0.05) is 23.3 Å². The highest BCUT2D eigenvalue weighted by atomic mass is 16.5. The number of hydrogen-bond donors (Lipinski definition) is 0. The normalized spacial score (nSPS) is 10.5. The third-order valence-corrected chi connectivity index (χ3v) is 3.91. The molecule has 8 nitrogen and oxygen atoms in total. The van der Waals surface area contributed by atoms with Gasteiger partial charge in [-0.25, -0.2) is 0 Å². The Bertz CT molecular complexity index is 910. The molecule has 0 radical (unpaired) electrons. The number of Topliss-reactive ketones (excluding diaryl/α,β-unsaturated/α-hetero) is 1. The number of benzene rings is 2. The quantitative estimate of drug-likeness (QED) is 0.629. The van der Waals surface area contributed by atoms with Crippen molar-refractivity contribution in [1.82, 2.24) is 20.2 Å². The van der Waals surface area contributed by atoms with Crippen LogP contribution >= 0.6 is 0 Å². The summed E-state index contributed by atoms with van der Waals surface area (Å²) in [7, 11) is 4.63. The van der Waals surface area contributed by atoms with Crippen molar-refractivity contribution in [1.29, 1.82) is 0 Å². The summed E-state index contributed by atoms with van der Waals surface area (Å²) in [6.45, 7) is 1.52. The Hall–Kier alpha value is -3.42. The predicted octanol–water partition coefficient (Wildman–Crippen LogP) is 2.56. The maximum Gasteiger partial charge on any atom is 0.203 e. The Kier molecular flexibility index (Phi) is 4.83. The molecule has 0 aliphatic rings. The summed E-state index contributed by atoms with van der Waals surface area (Å²) < 4.78 is 17.7. The zero-order valence-corrected chi connectivity index (χ0v) is 14.9. The molecule has 0 saturated carbocycles. The van der Waals surface area contributed by atoms with Crippen LogP contribution in [0.15, 0.2) is 36.4 Å². The van der Waals surface area contributed by atoms with E-state index in [1.807, 2.05) is 0 Å². The number of ether oxygens (including phenoxy) is 3. The van der Waals surface area contributed by atoms with E-state index in [2.05, 4.69) is 15.5 Å². The molecule has 0 N–H and O–H groups in total. The standard InChI is InChI=1S/C18H18N4O4/c1-11(23)12-5-7-13(8-6-12)18-19-20-21-22(18)14-9-15(24-2)17(26-4)16(10-14)25-3/h5-10H,1-4H3. The highest BCUT2D eigenvalue weighted by Gasteiger charge is 2.18. The molecule has 0 spiro atoms. The second-order valence-corrected chi connectivity index (χ2v) is 5.43. The van der Waals surface area contributed by atoms with E-state index < -0.39 is 0 Å². The van der Waals surface area contributed by atoms with Crippen LogP contribution in [0.2, 0.25) is 0 Å². The van der Waals surface area contributed by atoms with Crippen LogP contribution in [-0.4, -0.2) is 47.3 Å². The molecule has 8 heteroatoms. The van der Waals surface area contributed by atoms with E-state index in [0.29, 0.717) is 34.3 Å². The minimum absolute atomic E-state index is 0.000712. The monoisotopic (exact) mass is 354 g/mol. The Morgan fingerprint density at radius 3 is 2.08 bits per heavy atom. The van der Waals surface area contributed by atoms with Crippen molar-refractivity contribution in [3.05, 3.63) is 42.0 Å². The van der Waals surface area contributed by atoms with E-state index in [-0.39, 0.29) is 5.78 Å². The molecule has 0 bridgehead atoms. The zero-order chi connectivity index (χ0) is 18.7. The minimum atomic E-state index is 0.000712. The van der Waals surface area contributed by atoms with Crippen LogP contribution < -0.4 is 14.2 Å². The van der Waals surface area contributed by atoms with Gasteiger partial charge in [0.25, 0.3) is 0 Å². The third kappa shape index (κ3) is 3.08. The summed E-state index contributed by atoms with van der Waals surface area (Å²) in [5.74, 6) is 2.00. The Morgan fingerprint density at radius 1 is 0.962 bits per heavy atom. The van der Waals surface area contributed by atoms with Gasteiger partial charge in [-0.15, -0.1) is 5.10 Å². The highest BCUT2D eigenvalue weighted by Crippen LogP contribution is 2.39. The lowest BCUT2D eigenvalue weighted by Crippen LogP contribution is -2.03. The van der Waals surface area contributed by atoms with Crippen molar-refractivity contribution in [2.24, 2.45) is 0 Å². The minimum Gasteiger partial charge on any atom is -0.493 e. The third-order valence-electron chi connectivity index (χ3n) is 3.91. The second-order valence-electron chi connectivity index (χ2n) is 5.43. The van der Waals surface area contributed by atoms with Crippen LogP contribution in [0.5, 0.6) is 17.2 Å². The lowest BCUT2D eigenvalue weighted by atomic mass is 10.1. The van der Waals surface area contributed by atoms with Gasteiger partial charge in [0.2, 0.25) is 5.75 Å². The summed E-state index contributed by atoms with van der Waals surface area (Å²) >= 11 is 0. The van der Waals surface area contributed by atoms with Crippen molar-refractivity contribution >= 4 is 5.78 Å². The fraction of sp³-hybridized carbons (Fsp3) is 0.222.